The molecular weight excluding hydrogens is 368 g/mol. The molecule has 1 N–H and O–H groups in total. The van der Waals surface area contributed by atoms with Crippen LogP contribution >= 0.6 is 0 Å². The number of aliphatic hydroxyl groups excluding tert-OH is 1. The molecule has 10 atom stereocenters. The average molecular weight is 413 g/mol. The highest BCUT2D eigenvalue weighted by Crippen LogP contribution is 2.72. The molecule has 2 unspecified atom stereocenters. The summed E-state index contributed by atoms with van der Waals surface area (Å²) in [5.41, 5.74) is 2.38. The second-order valence-corrected chi connectivity index (χ2v) is 12.6. The molecule has 168 valence electrons. The monoisotopic (exact) mass is 412 g/mol. The minimum atomic E-state index is -0.163. The first-order valence-corrected chi connectivity index (χ1v) is 12.9. The fourth-order valence-electron chi connectivity index (χ4n) is 8.52. The Bertz CT molecular complexity index is 752. The first-order chi connectivity index (χ1) is 14.1. The number of ether oxygens (including phenoxy) is 1. The number of hydrogen-bond donors (Lipinski definition) is 1. The van der Waals surface area contributed by atoms with Crippen molar-refractivity contribution in [3.8, 4) is 0 Å². The van der Waals surface area contributed by atoms with Crippen LogP contribution in [0.4, 0.5) is 0 Å². The minimum absolute atomic E-state index is 0.0480. The maximum Gasteiger partial charge on any atom is 0.107 e. The minimum Gasteiger partial charge on any atom is -0.393 e. The summed E-state index contributed by atoms with van der Waals surface area (Å²) in [5, 5.41) is 10.4. The number of fused-ring (bicyclic) bond motifs is 4. The first kappa shape index (κ1) is 21.3. The van der Waals surface area contributed by atoms with E-state index in [9.17, 15) is 5.11 Å². The Labute approximate surface area is 184 Å². The maximum atomic E-state index is 10.4. The summed E-state index contributed by atoms with van der Waals surface area (Å²) < 4.78 is 6.43. The summed E-state index contributed by atoms with van der Waals surface area (Å²) in [6.45, 7) is 14.6. The molecule has 0 aromatic heterocycles. The van der Waals surface area contributed by atoms with Gasteiger partial charge in [0.15, 0.2) is 0 Å². The SMILES string of the molecule is CC(C)[C@@H](C)/C=C/[C@@H](C)[C@H]1CCC2C3=C[C@@H]4O[C@@]45C[C@@H](O)CC[C@]5(C)C3CC[C@@]21C. The lowest BCUT2D eigenvalue weighted by Gasteiger charge is -2.56. The highest BCUT2D eigenvalue weighted by Gasteiger charge is 2.73. The van der Waals surface area contributed by atoms with Crippen LogP contribution in [0.3, 0.4) is 0 Å². The van der Waals surface area contributed by atoms with E-state index in [0.717, 1.165) is 37.0 Å². The van der Waals surface area contributed by atoms with Gasteiger partial charge >= 0.3 is 0 Å². The number of rotatable bonds is 4. The molecule has 2 nitrogen and oxygen atoms in total. The van der Waals surface area contributed by atoms with E-state index in [0.29, 0.717) is 23.2 Å². The lowest BCUT2D eigenvalue weighted by Crippen LogP contribution is -2.55. The van der Waals surface area contributed by atoms with E-state index in [1.165, 1.54) is 25.7 Å². The predicted molar refractivity (Wildman–Crippen MR) is 123 cm³/mol. The number of aliphatic hydroxyl groups is 1. The van der Waals surface area contributed by atoms with E-state index >= 15 is 0 Å². The van der Waals surface area contributed by atoms with Crippen molar-refractivity contribution in [1.82, 2.24) is 0 Å². The van der Waals surface area contributed by atoms with Crippen molar-refractivity contribution in [2.75, 3.05) is 0 Å². The molecule has 30 heavy (non-hydrogen) atoms. The third kappa shape index (κ3) is 2.81. The fraction of sp³-hybridized carbons (Fsp3) is 0.857. The second-order valence-electron chi connectivity index (χ2n) is 12.6. The van der Waals surface area contributed by atoms with Gasteiger partial charge in [-0.1, -0.05) is 65.3 Å². The Morgan fingerprint density at radius 3 is 2.50 bits per heavy atom. The van der Waals surface area contributed by atoms with Gasteiger partial charge in [0.1, 0.15) is 11.7 Å². The van der Waals surface area contributed by atoms with Gasteiger partial charge in [-0.25, -0.2) is 0 Å². The molecular formula is C28H44O2. The molecule has 0 aromatic rings. The highest BCUT2D eigenvalue weighted by atomic mass is 16.6. The quantitative estimate of drug-likeness (QED) is 0.420. The van der Waals surface area contributed by atoms with E-state index in [1.807, 2.05) is 0 Å². The van der Waals surface area contributed by atoms with Crippen molar-refractivity contribution >= 4 is 0 Å². The normalized spacial score (nSPS) is 51.6. The summed E-state index contributed by atoms with van der Waals surface area (Å²) in [4.78, 5) is 0. The van der Waals surface area contributed by atoms with Crippen LogP contribution in [0.2, 0.25) is 0 Å². The molecule has 0 bridgehead atoms. The number of epoxide rings is 1. The van der Waals surface area contributed by atoms with Gasteiger partial charge in [0, 0.05) is 11.8 Å². The summed E-state index contributed by atoms with van der Waals surface area (Å²) in [6, 6.07) is 0. The summed E-state index contributed by atoms with van der Waals surface area (Å²) in [7, 11) is 0. The van der Waals surface area contributed by atoms with E-state index in [2.05, 4.69) is 59.8 Å². The van der Waals surface area contributed by atoms with Gasteiger partial charge in [-0.05, 0) is 79.4 Å². The Balaban J connectivity index is 1.40. The molecule has 2 heteroatoms. The van der Waals surface area contributed by atoms with Crippen LogP contribution in [0, 0.1) is 46.3 Å². The van der Waals surface area contributed by atoms with Gasteiger partial charge in [0.05, 0.1) is 6.10 Å². The Morgan fingerprint density at radius 2 is 1.77 bits per heavy atom. The summed E-state index contributed by atoms with van der Waals surface area (Å²) >= 11 is 0. The lowest BCUT2D eigenvalue weighted by molar-refractivity contribution is -0.0527. The molecule has 3 saturated carbocycles. The van der Waals surface area contributed by atoms with Crippen LogP contribution in [0.1, 0.15) is 86.5 Å². The molecule has 1 aliphatic heterocycles. The van der Waals surface area contributed by atoms with Gasteiger partial charge < -0.3 is 9.84 Å². The molecule has 1 spiro atoms. The molecule has 0 aromatic carbocycles. The van der Waals surface area contributed by atoms with Crippen LogP contribution in [0.25, 0.3) is 0 Å². The van der Waals surface area contributed by atoms with Crippen molar-refractivity contribution in [1.29, 1.82) is 0 Å². The van der Waals surface area contributed by atoms with Gasteiger partial charge in [-0.2, -0.15) is 0 Å². The molecule has 0 amide bonds. The molecule has 1 heterocycles. The van der Waals surface area contributed by atoms with E-state index < -0.39 is 0 Å². The number of hydrogen-bond acceptors (Lipinski definition) is 2. The third-order valence-electron chi connectivity index (χ3n) is 10.9. The Morgan fingerprint density at radius 1 is 1.00 bits per heavy atom. The molecule has 5 aliphatic rings. The largest absolute Gasteiger partial charge is 0.393 e. The van der Waals surface area contributed by atoms with Crippen molar-refractivity contribution in [3.05, 3.63) is 23.8 Å². The smallest absolute Gasteiger partial charge is 0.107 e. The second kappa shape index (κ2) is 6.95. The fourth-order valence-corrected chi connectivity index (χ4v) is 8.52. The van der Waals surface area contributed by atoms with Crippen molar-refractivity contribution in [2.24, 2.45) is 46.3 Å². The van der Waals surface area contributed by atoms with Crippen molar-refractivity contribution in [2.45, 2.75) is 104 Å². The summed E-state index contributed by atoms with van der Waals surface area (Å²) in [5.74, 6) is 4.26. The van der Waals surface area contributed by atoms with Crippen LogP contribution in [0.15, 0.2) is 23.8 Å². The lowest BCUT2D eigenvalue weighted by atomic mass is 9.47. The van der Waals surface area contributed by atoms with Crippen LogP contribution in [-0.2, 0) is 4.74 Å². The van der Waals surface area contributed by atoms with E-state index in [-0.39, 0.29) is 23.2 Å². The van der Waals surface area contributed by atoms with Gasteiger partial charge in [-0.15, -0.1) is 0 Å². The maximum absolute atomic E-state index is 10.4. The zero-order valence-corrected chi connectivity index (χ0v) is 20.2. The van der Waals surface area contributed by atoms with Crippen LogP contribution < -0.4 is 0 Å². The van der Waals surface area contributed by atoms with E-state index in [1.54, 1.807) is 5.57 Å². The highest BCUT2D eigenvalue weighted by molar-refractivity contribution is 5.38. The van der Waals surface area contributed by atoms with Gasteiger partial charge in [-0.3, -0.25) is 0 Å². The average Bonchev–Trinajstić information content (AvgIpc) is 3.27. The molecule has 1 saturated heterocycles. The van der Waals surface area contributed by atoms with Crippen LogP contribution in [0.5, 0.6) is 0 Å². The van der Waals surface area contributed by atoms with Crippen molar-refractivity contribution < 1.29 is 9.84 Å². The standard InChI is InChI=1S/C28H44O2/c1-17(2)18(3)7-8-19(4)22-9-10-23-21-15-25-28(30-25)16-20(29)11-14-27(28,6)24(21)12-13-26(22,23)5/h7-8,15,17-20,22-25,29H,9-14,16H2,1-6H3/b8-7+/t18-,19+,20-,22+,23?,24?,25-,26+,27+,28-/m0/s1. The Kier molecular flexibility index (Phi) is 4.92. The zero-order chi connectivity index (χ0) is 21.5. The molecule has 0 radical (unpaired) electrons. The topological polar surface area (TPSA) is 32.8 Å². The summed E-state index contributed by atoms with van der Waals surface area (Å²) in [6.07, 6.45) is 16.0. The Hall–Kier alpha value is -0.600. The van der Waals surface area contributed by atoms with E-state index in [4.69, 9.17) is 4.74 Å². The van der Waals surface area contributed by atoms with Crippen molar-refractivity contribution in [3.63, 3.8) is 0 Å². The predicted octanol–water partition coefficient (Wildman–Crippen LogP) is 6.54. The van der Waals surface area contributed by atoms with Gasteiger partial charge in [0.25, 0.3) is 0 Å². The third-order valence-corrected chi connectivity index (χ3v) is 10.9. The molecule has 4 fully saturated rings. The number of allylic oxidation sites excluding steroid dienone is 3. The first-order valence-electron chi connectivity index (χ1n) is 12.9. The van der Waals surface area contributed by atoms with Gasteiger partial charge in [0.2, 0.25) is 0 Å². The molecule has 5 rings (SSSR count). The zero-order valence-electron chi connectivity index (χ0n) is 20.2. The molecule has 4 aliphatic carbocycles. The van der Waals surface area contributed by atoms with Crippen LogP contribution in [-0.4, -0.2) is 22.9 Å².